The molecule has 8 heteroatoms. The van der Waals surface area contributed by atoms with E-state index in [2.05, 4.69) is 75.0 Å². The molecular weight excluding hydrogens is 472 g/mol. The van der Waals surface area contributed by atoms with Crippen molar-refractivity contribution in [2.45, 2.75) is 142 Å². The summed E-state index contributed by atoms with van der Waals surface area (Å²) >= 11 is 0. The first-order chi connectivity index (χ1) is 17.9. The van der Waals surface area contributed by atoms with Gasteiger partial charge in [0.25, 0.3) is 0 Å². The number of hydrogen-bond donors (Lipinski definition) is 4. The van der Waals surface area contributed by atoms with Gasteiger partial charge in [0.2, 0.25) is 0 Å². The molecule has 0 aliphatic carbocycles. The minimum Gasteiger partial charge on any atom is -0.328 e. The van der Waals surface area contributed by atoms with E-state index in [9.17, 15) is 0 Å². The molecule has 0 aromatic heterocycles. The summed E-state index contributed by atoms with van der Waals surface area (Å²) in [5.74, 6) is 0. The SMILES string of the molecule is CC(N)CCN1CC(C)N(CCC(C)N)CC1C.CCCC(N)CN1CC(C)N(CC(N)CCC)CC1C. The lowest BCUT2D eigenvalue weighted by atomic mass is 10.0. The van der Waals surface area contributed by atoms with Crippen molar-refractivity contribution in [3.63, 3.8) is 0 Å². The van der Waals surface area contributed by atoms with Crippen molar-refractivity contribution in [2.24, 2.45) is 22.9 Å². The number of nitrogens with two attached hydrogens (primary N) is 4. The van der Waals surface area contributed by atoms with Crippen LogP contribution in [0.25, 0.3) is 0 Å². The van der Waals surface area contributed by atoms with Gasteiger partial charge in [-0.1, -0.05) is 26.7 Å². The van der Waals surface area contributed by atoms with Crippen molar-refractivity contribution in [2.75, 3.05) is 52.4 Å². The second kappa shape index (κ2) is 18.9. The van der Waals surface area contributed by atoms with Crippen LogP contribution < -0.4 is 22.9 Å². The Morgan fingerprint density at radius 3 is 1.11 bits per heavy atom. The Labute approximate surface area is 237 Å². The van der Waals surface area contributed by atoms with E-state index in [1.807, 2.05) is 0 Å². The third-order valence-electron chi connectivity index (χ3n) is 8.49. The summed E-state index contributed by atoms with van der Waals surface area (Å²) in [4.78, 5) is 10.3. The normalized spacial score (nSPS) is 29.4. The van der Waals surface area contributed by atoms with Gasteiger partial charge in [0.05, 0.1) is 0 Å². The molecule has 2 fully saturated rings. The molecule has 2 aliphatic rings. The fourth-order valence-corrected chi connectivity index (χ4v) is 5.94. The summed E-state index contributed by atoms with van der Waals surface area (Å²) in [6.07, 6.45) is 6.80. The number of rotatable bonds is 14. The number of nitrogens with zero attached hydrogens (tertiary/aromatic N) is 4. The Kier molecular flexibility index (Phi) is 17.8. The van der Waals surface area contributed by atoms with E-state index in [1.54, 1.807) is 0 Å². The molecule has 228 valence electrons. The Hall–Kier alpha value is -0.320. The summed E-state index contributed by atoms with van der Waals surface area (Å²) in [5.41, 5.74) is 24.1. The van der Waals surface area contributed by atoms with Crippen LogP contribution in [0, 0.1) is 0 Å². The third-order valence-corrected chi connectivity index (χ3v) is 8.49. The smallest absolute Gasteiger partial charge is 0.0196 e. The minimum absolute atomic E-state index is 0.309. The Balaban J connectivity index is 0.000000382. The van der Waals surface area contributed by atoms with Crippen LogP contribution in [0.2, 0.25) is 0 Å². The van der Waals surface area contributed by atoms with Crippen LogP contribution in [-0.2, 0) is 0 Å². The van der Waals surface area contributed by atoms with Gasteiger partial charge in [0, 0.05) is 87.6 Å². The van der Waals surface area contributed by atoms with E-state index in [0.29, 0.717) is 48.3 Å². The van der Waals surface area contributed by atoms with E-state index in [0.717, 1.165) is 78.0 Å². The fourth-order valence-electron chi connectivity index (χ4n) is 5.94. The highest BCUT2D eigenvalue weighted by Gasteiger charge is 2.30. The first kappa shape index (κ1) is 35.7. The molecule has 2 saturated heterocycles. The second-order valence-corrected chi connectivity index (χ2v) is 12.9. The van der Waals surface area contributed by atoms with Gasteiger partial charge in [0.1, 0.15) is 0 Å². The van der Waals surface area contributed by atoms with Crippen LogP contribution in [0.1, 0.15) is 93.9 Å². The van der Waals surface area contributed by atoms with Crippen molar-refractivity contribution < 1.29 is 0 Å². The second-order valence-electron chi connectivity index (χ2n) is 12.9. The fraction of sp³-hybridized carbons (Fsp3) is 1.00. The molecule has 8 nitrogen and oxygen atoms in total. The lowest BCUT2D eigenvalue weighted by Gasteiger charge is -2.45. The van der Waals surface area contributed by atoms with Crippen molar-refractivity contribution in [1.29, 1.82) is 0 Å². The van der Waals surface area contributed by atoms with Crippen molar-refractivity contribution >= 4 is 0 Å². The predicted molar refractivity (Wildman–Crippen MR) is 166 cm³/mol. The van der Waals surface area contributed by atoms with Crippen molar-refractivity contribution in [3.8, 4) is 0 Å². The zero-order valence-corrected chi connectivity index (χ0v) is 26.6. The summed E-state index contributed by atoms with van der Waals surface area (Å²) in [6.45, 7) is 26.8. The lowest BCUT2D eigenvalue weighted by Crippen LogP contribution is -2.60. The van der Waals surface area contributed by atoms with Gasteiger partial charge in [-0.15, -0.1) is 0 Å². The highest BCUT2D eigenvalue weighted by molar-refractivity contribution is 4.88. The van der Waals surface area contributed by atoms with E-state index >= 15 is 0 Å². The standard InChI is InChI=1S/C16H36N4.C14H32N4/c1-5-7-15(17)11-19-9-14(4)20(10-13(19)3)12-16(18)8-6-2;1-11(15)5-7-17-9-14(4)18(10-13(17)3)8-6-12(2)16/h13-16H,5-12,17-18H2,1-4H3;11-14H,5-10,15-16H2,1-4H3. The maximum absolute atomic E-state index is 6.20. The van der Waals surface area contributed by atoms with E-state index in [1.165, 1.54) is 12.8 Å². The van der Waals surface area contributed by atoms with Crippen LogP contribution >= 0.6 is 0 Å². The average Bonchev–Trinajstić information content (AvgIpc) is 2.82. The summed E-state index contributed by atoms with van der Waals surface area (Å²) in [5, 5.41) is 0. The van der Waals surface area contributed by atoms with E-state index in [4.69, 9.17) is 22.9 Å². The number of piperazine rings is 2. The molecule has 8 atom stereocenters. The monoisotopic (exact) mass is 541 g/mol. The summed E-state index contributed by atoms with van der Waals surface area (Å²) in [7, 11) is 0. The van der Waals surface area contributed by atoms with Crippen LogP contribution in [0.4, 0.5) is 0 Å². The molecule has 2 aliphatic heterocycles. The molecule has 8 unspecified atom stereocenters. The van der Waals surface area contributed by atoms with Gasteiger partial charge in [-0.25, -0.2) is 0 Å². The number of hydrogen-bond acceptors (Lipinski definition) is 8. The van der Waals surface area contributed by atoms with E-state index < -0.39 is 0 Å². The van der Waals surface area contributed by atoms with Gasteiger partial charge >= 0.3 is 0 Å². The molecule has 8 N–H and O–H groups in total. The molecule has 0 radical (unpaired) electrons. The largest absolute Gasteiger partial charge is 0.328 e. The molecule has 2 heterocycles. The third kappa shape index (κ3) is 13.8. The molecule has 2 rings (SSSR count). The summed E-state index contributed by atoms with van der Waals surface area (Å²) < 4.78 is 0. The molecule has 0 bridgehead atoms. The molecule has 38 heavy (non-hydrogen) atoms. The van der Waals surface area contributed by atoms with Crippen LogP contribution in [0.15, 0.2) is 0 Å². The Morgan fingerprint density at radius 1 is 0.526 bits per heavy atom. The first-order valence-corrected chi connectivity index (χ1v) is 15.9. The Morgan fingerprint density at radius 2 is 0.816 bits per heavy atom. The topological polar surface area (TPSA) is 117 Å². The quantitative estimate of drug-likeness (QED) is 0.266. The molecule has 0 amide bonds. The lowest BCUT2D eigenvalue weighted by molar-refractivity contribution is 0.0348. The first-order valence-electron chi connectivity index (χ1n) is 15.9. The molecule has 0 aromatic rings. The average molecular weight is 541 g/mol. The predicted octanol–water partition coefficient (Wildman–Crippen LogP) is 2.49. The van der Waals surface area contributed by atoms with Crippen LogP contribution in [-0.4, -0.2) is 120 Å². The maximum Gasteiger partial charge on any atom is 0.0196 e. The van der Waals surface area contributed by atoms with Gasteiger partial charge in [-0.2, -0.15) is 0 Å². The maximum atomic E-state index is 6.20. The zero-order chi connectivity index (χ0) is 28.8. The van der Waals surface area contributed by atoms with Gasteiger partial charge in [-0.3, -0.25) is 19.6 Å². The zero-order valence-electron chi connectivity index (χ0n) is 26.6. The van der Waals surface area contributed by atoms with Crippen LogP contribution in [0.3, 0.4) is 0 Å². The van der Waals surface area contributed by atoms with Gasteiger partial charge in [0.15, 0.2) is 0 Å². The molecule has 0 saturated carbocycles. The highest BCUT2D eigenvalue weighted by Crippen LogP contribution is 2.18. The van der Waals surface area contributed by atoms with Crippen molar-refractivity contribution in [3.05, 3.63) is 0 Å². The van der Waals surface area contributed by atoms with Gasteiger partial charge in [-0.05, 0) is 80.3 Å². The summed E-state index contributed by atoms with van der Waals surface area (Å²) in [6, 6.07) is 3.70. The molecular formula is C30H68N8. The van der Waals surface area contributed by atoms with E-state index in [-0.39, 0.29) is 0 Å². The minimum atomic E-state index is 0.309. The molecule has 0 aromatic carbocycles. The Bertz CT molecular complexity index is 539. The van der Waals surface area contributed by atoms with Gasteiger partial charge < -0.3 is 22.9 Å². The van der Waals surface area contributed by atoms with Crippen molar-refractivity contribution in [1.82, 2.24) is 19.6 Å². The molecule has 0 spiro atoms. The highest BCUT2D eigenvalue weighted by atomic mass is 15.3. The van der Waals surface area contributed by atoms with Crippen LogP contribution in [0.5, 0.6) is 0 Å².